The van der Waals surface area contributed by atoms with Gasteiger partial charge in [-0.2, -0.15) is 11.8 Å². The monoisotopic (exact) mass is 258 g/mol. The first-order valence-electron chi connectivity index (χ1n) is 6.37. The molecule has 1 aliphatic heterocycles. The Morgan fingerprint density at radius 3 is 2.71 bits per heavy atom. The summed E-state index contributed by atoms with van der Waals surface area (Å²) in [6, 6.07) is 0.514. The van der Waals surface area contributed by atoms with Crippen LogP contribution >= 0.6 is 11.8 Å². The van der Waals surface area contributed by atoms with Crippen LogP contribution in [0.25, 0.3) is 0 Å². The molecule has 1 amide bonds. The molecule has 4 nitrogen and oxygen atoms in total. The van der Waals surface area contributed by atoms with Crippen molar-refractivity contribution in [1.82, 2.24) is 5.32 Å². The number of ether oxygens (including phenoxy) is 1. The van der Waals surface area contributed by atoms with E-state index in [1.807, 2.05) is 18.7 Å². The summed E-state index contributed by atoms with van der Waals surface area (Å²) in [5, 5.41) is 4.05. The van der Waals surface area contributed by atoms with Crippen LogP contribution in [0.2, 0.25) is 0 Å². The molecule has 1 saturated heterocycles. The van der Waals surface area contributed by atoms with Gasteiger partial charge < -0.3 is 15.8 Å². The predicted octanol–water partition coefficient (Wildman–Crippen LogP) is 0.895. The summed E-state index contributed by atoms with van der Waals surface area (Å²) in [7, 11) is 0. The van der Waals surface area contributed by atoms with Crippen LogP contribution in [-0.4, -0.2) is 41.7 Å². The Hall–Kier alpha value is -0.260. The maximum absolute atomic E-state index is 11.5. The Balaban J connectivity index is 1.66. The van der Waals surface area contributed by atoms with Crippen LogP contribution in [0.3, 0.4) is 0 Å². The van der Waals surface area contributed by atoms with E-state index in [4.69, 9.17) is 10.5 Å². The van der Waals surface area contributed by atoms with Crippen LogP contribution in [0.15, 0.2) is 0 Å². The fraction of sp³-hybridized carbons (Fsp3) is 0.917. The van der Waals surface area contributed by atoms with E-state index >= 15 is 0 Å². The summed E-state index contributed by atoms with van der Waals surface area (Å²) in [4.78, 5) is 11.5. The van der Waals surface area contributed by atoms with Crippen LogP contribution in [0.4, 0.5) is 0 Å². The van der Waals surface area contributed by atoms with Gasteiger partial charge in [0.15, 0.2) is 0 Å². The fourth-order valence-corrected chi connectivity index (χ4v) is 2.96. The molecule has 0 aromatic heterocycles. The van der Waals surface area contributed by atoms with E-state index in [2.05, 4.69) is 5.32 Å². The summed E-state index contributed by atoms with van der Waals surface area (Å²) < 4.78 is 5.12. The smallest absolute Gasteiger partial charge is 0.237 e. The van der Waals surface area contributed by atoms with E-state index in [1.165, 1.54) is 12.8 Å². The van der Waals surface area contributed by atoms with Crippen LogP contribution in [0.5, 0.6) is 0 Å². The van der Waals surface area contributed by atoms with Gasteiger partial charge in [0.2, 0.25) is 5.91 Å². The molecule has 3 N–H and O–H groups in total. The molecule has 2 fully saturated rings. The lowest BCUT2D eigenvalue weighted by Crippen LogP contribution is -2.54. The van der Waals surface area contributed by atoms with Gasteiger partial charge in [-0.15, -0.1) is 0 Å². The number of carbonyl (C=O) groups excluding carboxylic acids is 1. The van der Waals surface area contributed by atoms with Gasteiger partial charge in [0.25, 0.3) is 0 Å². The number of primary amides is 1. The second-order valence-electron chi connectivity index (χ2n) is 5.25. The van der Waals surface area contributed by atoms with E-state index < -0.39 is 5.54 Å². The molecule has 1 unspecified atom stereocenters. The highest BCUT2D eigenvalue weighted by Gasteiger charge is 2.36. The zero-order chi connectivity index (χ0) is 12.3. The largest absolute Gasteiger partial charge is 0.379 e. The number of hydrogen-bond donors (Lipinski definition) is 2. The summed E-state index contributed by atoms with van der Waals surface area (Å²) in [6.45, 7) is 3.71. The first kappa shape index (κ1) is 13.2. The average molecular weight is 258 g/mol. The molecule has 1 heterocycles. The summed E-state index contributed by atoms with van der Waals surface area (Å²) >= 11 is 1.95. The van der Waals surface area contributed by atoms with Crippen LogP contribution in [0.1, 0.15) is 32.6 Å². The molecule has 0 bridgehead atoms. The van der Waals surface area contributed by atoms with Crippen LogP contribution in [0, 0.1) is 0 Å². The van der Waals surface area contributed by atoms with Crippen molar-refractivity contribution in [3.63, 3.8) is 0 Å². The van der Waals surface area contributed by atoms with Crippen molar-refractivity contribution in [1.29, 1.82) is 0 Å². The standard InChI is InChI=1S/C12H22N2O2S/c1-12(11(13)15,14-9-3-4-9)5-2-6-17-10-7-16-8-10/h9-10,14H,2-8H2,1H3,(H2,13,15). The lowest BCUT2D eigenvalue weighted by molar-refractivity contribution is -0.124. The van der Waals surface area contributed by atoms with E-state index in [-0.39, 0.29) is 5.91 Å². The van der Waals surface area contributed by atoms with Gasteiger partial charge in [-0.3, -0.25) is 4.79 Å². The van der Waals surface area contributed by atoms with Crippen LogP contribution < -0.4 is 11.1 Å². The van der Waals surface area contributed by atoms with Crippen LogP contribution in [-0.2, 0) is 9.53 Å². The van der Waals surface area contributed by atoms with E-state index in [1.54, 1.807) is 0 Å². The van der Waals surface area contributed by atoms with E-state index in [9.17, 15) is 4.79 Å². The Morgan fingerprint density at radius 2 is 2.24 bits per heavy atom. The van der Waals surface area contributed by atoms with Crippen molar-refractivity contribution in [3.05, 3.63) is 0 Å². The number of thioether (sulfide) groups is 1. The van der Waals surface area contributed by atoms with Gasteiger partial charge in [-0.25, -0.2) is 0 Å². The molecule has 5 heteroatoms. The summed E-state index contributed by atoms with van der Waals surface area (Å²) in [5.41, 5.74) is 4.98. The number of rotatable bonds is 8. The second-order valence-corrected chi connectivity index (χ2v) is 6.66. The predicted molar refractivity (Wildman–Crippen MR) is 70.1 cm³/mol. The third-order valence-corrected chi connectivity index (χ3v) is 4.69. The first-order valence-corrected chi connectivity index (χ1v) is 7.42. The van der Waals surface area contributed by atoms with Crippen molar-refractivity contribution >= 4 is 17.7 Å². The van der Waals surface area contributed by atoms with Gasteiger partial charge in [0.1, 0.15) is 0 Å². The summed E-state index contributed by atoms with van der Waals surface area (Å²) in [5.74, 6) is 0.866. The maximum atomic E-state index is 11.5. The molecule has 2 aliphatic rings. The van der Waals surface area contributed by atoms with Crippen molar-refractivity contribution in [2.45, 2.75) is 49.4 Å². The SMILES string of the molecule is CC(CCCSC1COC1)(NC1CC1)C(N)=O. The Kier molecular flexibility index (Phi) is 4.33. The van der Waals surface area contributed by atoms with Gasteiger partial charge in [0.05, 0.1) is 24.0 Å². The minimum absolute atomic E-state index is 0.221. The fourth-order valence-electron chi connectivity index (χ4n) is 1.93. The third kappa shape index (κ3) is 3.86. The molecule has 1 aliphatic carbocycles. The lowest BCUT2D eigenvalue weighted by Gasteiger charge is -2.29. The molecular weight excluding hydrogens is 236 g/mol. The molecule has 0 radical (unpaired) electrons. The number of carbonyl (C=O) groups is 1. The van der Waals surface area contributed by atoms with Gasteiger partial charge >= 0.3 is 0 Å². The molecule has 98 valence electrons. The van der Waals surface area contributed by atoms with Gasteiger partial charge in [0, 0.05) is 6.04 Å². The molecule has 17 heavy (non-hydrogen) atoms. The van der Waals surface area contributed by atoms with Crippen molar-refractivity contribution < 1.29 is 9.53 Å². The topological polar surface area (TPSA) is 64.3 Å². The molecule has 0 aromatic carbocycles. The highest BCUT2D eigenvalue weighted by Crippen LogP contribution is 2.26. The van der Waals surface area contributed by atoms with Gasteiger partial charge in [-0.1, -0.05) is 0 Å². The Morgan fingerprint density at radius 1 is 1.53 bits per heavy atom. The summed E-state index contributed by atoms with van der Waals surface area (Å²) in [6.07, 6.45) is 4.22. The second kappa shape index (κ2) is 5.59. The van der Waals surface area contributed by atoms with Gasteiger partial charge in [-0.05, 0) is 38.4 Å². The van der Waals surface area contributed by atoms with Crippen molar-refractivity contribution in [2.75, 3.05) is 19.0 Å². The normalized spacial score (nSPS) is 24.1. The molecule has 0 aromatic rings. The van der Waals surface area contributed by atoms with Crippen molar-refractivity contribution in [3.8, 4) is 0 Å². The Bertz CT molecular complexity index is 280. The number of nitrogens with two attached hydrogens (primary N) is 1. The maximum Gasteiger partial charge on any atom is 0.237 e. The quantitative estimate of drug-likeness (QED) is 0.635. The third-order valence-electron chi connectivity index (χ3n) is 3.43. The molecule has 1 saturated carbocycles. The van der Waals surface area contributed by atoms with E-state index in [0.717, 1.165) is 31.8 Å². The molecular formula is C12H22N2O2S. The number of hydrogen-bond acceptors (Lipinski definition) is 4. The minimum atomic E-state index is -0.516. The zero-order valence-electron chi connectivity index (χ0n) is 10.4. The average Bonchev–Trinajstić information content (AvgIpc) is 2.98. The molecule has 0 spiro atoms. The highest BCUT2D eigenvalue weighted by atomic mass is 32.2. The lowest BCUT2D eigenvalue weighted by atomic mass is 9.95. The molecule has 2 rings (SSSR count). The first-order chi connectivity index (χ1) is 8.10. The molecule has 1 atom stereocenters. The Labute approximate surface area is 107 Å². The van der Waals surface area contributed by atoms with Crippen molar-refractivity contribution in [2.24, 2.45) is 5.73 Å². The minimum Gasteiger partial charge on any atom is -0.379 e. The zero-order valence-corrected chi connectivity index (χ0v) is 11.2. The number of amides is 1. The number of nitrogens with one attached hydrogen (secondary N) is 1. The van der Waals surface area contributed by atoms with E-state index in [0.29, 0.717) is 11.3 Å². The highest BCUT2D eigenvalue weighted by molar-refractivity contribution is 8.00.